The lowest BCUT2D eigenvalue weighted by atomic mass is 9.95. The molecule has 3 aromatic heterocycles. The lowest BCUT2D eigenvalue weighted by Crippen LogP contribution is -2.30. The van der Waals surface area contributed by atoms with Crippen molar-refractivity contribution in [3.63, 3.8) is 0 Å². The summed E-state index contributed by atoms with van der Waals surface area (Å²) in [4.78, 5) is 24.5. The average molecular weight is 424 g/mol. The predicted octanol–water partition coefficient (Wildman–Crippen LogP) is 4.18. The Labute approximate surface area is 167 Å². The highest BCUT2D eigenvalue weighted by Crippen LogP contribution is 2.30. The largest absolute Gasteiger partial charge is 0.481 e. The number of carbonyl (C=O) groups is 1. The molecule has 0 spiro atoms. The Kier molecular flexibility index (Phi) is 5.47. The molecule has 0 bridgehead atoms. The summed E-state index contributed by atoms with van der Waals surface area (Å²) in [5, 5.41) is 9.08. The maximum Gasteiger partial charge on any atom is 0.432 e. The number of ether oxygens (including phenoxy) is 1. The summed E-state index contributed by atoms with van der Waals surface area (Å²) >= 11 is 0. The van der Waals surface area contributed by atoms with Crippen molar-refractivity contribution >= 4 is 5.97 Å². The van der Waals surface area contributed by atoms with E-state index in [9.17, 15) is 22.4 Å². The fourth-order valence-electron chi connectivity index (χ4n) is 2.31. The molecule has 0 aliphatic rings. The molecule has 0 saturated heterocycles. The van der Waals surface area contributed by atoms with Crippen molar-refractivity contribution in [2.24, 2.45) is 5.41 Å². The number of pyridine rings is 2. The highest BCUT2D eigenvalue weighted by Gasteiger charge is 2.33. The Balaban J connectivity index is 1.76. The van der Waals surface area contributed by atoms with Crippen LogP contribution in [0.2, 0.25) is 0 Å². The van der Waals surface area contributed by atoms with Gasteiger partial charge >= 0.3 is 12.1 Å². The zero-order valence-electron chi connectivity index (χ0n) is 15.8. The zero-order chi connectivity index (χ0) is 22.1. The molecular formula is C19H16F4N4O3. The molecular weight excluding hydrogens is 408 g/mol. The number of aromatic amines is 1. The van der Waals surface area contributed by atoms with Gasteiger partial charge in [0.15, 0.2) is 11.6 Å². The van der Waals surface area contributed by atoms with Crippen LogP contribution >= 0.6 is 0 Å². The third-order valence-corrected chi connectivity index (χ3v) is 4.18. The zero-order valence-corrected chi connectivity index (χ0v) is 15.8. The molecule has 3 heterocycles. The molecule has 3 rings (SSSR count). The van der Waals surface area contributed by atoms with Gasteiger partial charge in [0.05, 0.1) is 11.6 Å². The Bertz CT molecular complexity index is 1060. The van der Waals surface area contributed by atoms with Gasteiger partial charge in [-0.2, -0.15) is 13.2 Å². The molecule has 0 saturated carbocycles. The molecule has 0 fully saturated rings. The first-order chi connectivity index (χ1) is 14.0. The summed E-state index contributed by atoms with van der Waals surface area (Å²) in [5.74, 6) is -2.03. The maximum atomic E-state index is 14.4. The van der Waals surface area contributed by atoms with Crippen LogP contribution < -0.4 is 4.74 Å². The van der Waals surface area contributed by atoms with Gasteiger partial charge in [-0.15, -0.1) is 0 Å². The summed E-state index contributed by atoms with van der Waals surface area (Å²) in [6.07, 6.45) is -1.40. The lowest BCUT2D eigenvalue weighted by molar-refractivity contribution is -0.148. The number of nitrogens with zero attached hydrogens (tertiary/aromatic N) is 3. The molecule has 11 heteroatoms. The minimum absolute atomic E-state index is 0.0946. The van der Waals surface area contributed by atoms with Gasteiger partial charge in [0.2, 0.25) is 5.88 Å². The molecule has 0 radical (unpaired) electrons. The van der Waals surface area contributed by atoms with Crippen LogP contribution in [0.25, 0.3) is 22.6 Å². The summed E-state index contributed by atoms with van der Waals surface area (Å²) in [6.45, 7) is 2.93. The van der Waals surface area contributed by atoms with E-state index in [1.54, 1.807) is 6.07 Å². The number of carboxylic acids is 1. The minimum Gasteiger partial charge on any atom is -0.481 e. The highest BCUT2D eigenvalue weighted by atomic mass is 19.4. The quantitative estimate of drug-likeness (QED) is 0.576. The number of H-pyrrole nitrogens is 1. The summed E-state index contributed by atoms with van der Waals surface area (Å²) in [6, 6.07) is 4.16. The molecule has 0 atom stereocenters. The fraction of sp³-hybridized carbons (Fsp3) is 0.263. The number of alkyl halides is 3. The number of carboxylic acid groups (broad SMARTS) is 1. The van der Waals surface area contributed by atoms with Crippen LogP contribution in [0, 0.1) is 11.2 Å². The van der Waals surface area contributed by atoms with Gasteiger partial charge in [0, 0.05) is 29.6 Å². The van der Waals surface area contributed by atoms with Gasteiger partial charge in [-0.25, -0.2) is 19.3 Å². The molecule has 0 aliphatic carbocycles. The van der Waals surface area contributed by atoms with Crippen LogP contribution in [-0.4, -0.2) is 37.6 Å². The van der Waals surface area contributed by atoms with Crippen LogP contribution in [0.1, 0.15) is 19.5 Å². The highest BCUT2D eigenvalue weighted by molar-refractivity contribution is 5.73. The van der Waals surface area contributed by atoms with Gasteiger partial charge < -0.3 is 14.8 Å². The predicted molar refractivity (Wildman–Crippen MR) is 96.9 cm³/mol. The van der Waals surface area contributed by atoms with Crippen LogP contribution in [0.15, 0.2) is 36.8 Å². The van der Waals surface area contributed by atoms with Crippen LogP contribution in [-0.2, 0) is 11.0 Å². The molecule has 30 heavy (non-hydrogen) atoms. The second kappa shape index (κ2) is 7.73. The lowest BCUT2D eigenvalue weighted by Gasteiger charge is -2.18. The number of imidazole rings is 1. The van der Waals surface area contributed by atoms with E-state index in [4.69, 9.17) is 9.84 Å². The number of aromatic nitrogens is 4. The van der Waals surface area contributed by atoms with Gasteiger partial charge in [0.25, 0.3) is 0 Å². The molecule has 2 N–H and O–H groups in total. The normalized spacial score (nSPS) is 12.1. The van der Waals surface area contributed by atoms with E-state index in [-0.39, 0.29) is 24.0 Å². The second-order valence-corrected chi connectivity index (χ2v) is 7.06. The van der Waals surface area contributed by atoms with Crippen molar-refractivity contribution in [3.05, 3.63) is 48.3 Å². The number of halogens is 4. The Morgan fingerprint density at radius 1 is 1.10 bits per heavy atom. The van der Waals surface area contributed by atoms with Gasteiger partial charge in [-0.05, 0) is 26.0 Å². The van der Waals surface area contributed by atoms with Crippen molar-refractivity contribution in [2.45, 2.75) is 20.0 Å². The van der Waals surface area contributed by atoms with Crippen LogP contribution in [0.3, 0.4) is 0 Å². The molecule has 0 amide bonds. The third-order valence-electron chi connectivity index (χ3n) is 4.18. The number of aliphatic carboxylic acids is 1. The molecule has 7 nitrogen and oxygen atoms in total. The van der Waals surface area contributed by atoms with Crippen molar-refractivity contribution in [2.75, 3.05) is 6.61 Å². The Hall–Kier alpha value is -3.50. The summed E-state index contributed by atoms with van der Waals surface area (Å²) < 4.78 is 57.8. The number of nitrogens with one attached hydrogen (secondary N) is 1. The molecule has 0 unspecified atom stereocenters. The number of rotatable bonds is 6. The number of hydrogen-bond acceptors (Lipinski definition) is 5. The topological polar surface area (TPSA) is 101 Å². The van der Waals surface area contributed by atoms with E-state index in [1.165, 1.54) is 32.3 Å². The third kappa shape index (κ3) is 4.56. The van der Waals surface area contributed by atoms with Crippen LogP contribution in [0.4, 0.5) is 17.6 Å². The van der Waals surface area contributed by atoms with E-state index in [0.717, 1.165) is 6.07 Å². The second-order valence-electron chi connectivity index (χ2n) is 7.06. The van der Waals surface area contributed by atoms with Crippen molar-refractivity contribution in [3.8, 4) is 28.5 Å². The first kappa shape index (κ1) is 21.2. The SMILES string of the molecule is CC(C)(COc1ccc(-c2cnc(-c3ncc(C(F)(F)F)[nH]3)c(F)c2)cn1)C(=O)O. The number of hydrogen-bond donors (Lipinski definition) is 2. The van der Waals surface area contributed by atoms with E-state index < -0.39 is 29.1 Å². The molecule has 158 valence electrons. The van der Waals surface area contributed by atoms with Gasteiger partial charge in [0.1, 0.15) is 18.0 Å². The van der Waals surface area contributed by atoms with Crippen molar-refractivity contribution in [1.82, 2.24) is 19.9 Å². The smallest absolute Gasteiger partial charge is 0.432 e. The fourth-order valence-corrected chi connectivity index (χ4v) is 2.31. The van der Waals surface area contributed by atoms with E-state index >= 15 is 0 Å². The minimum atomic E-state index is -4.63. The monoisotopic (exact) mass is 424 g/mol. The van der Waals surface area contributed by atoms with Crippen LogP contribution in [0.5, 0.6) is 5.88 Å². The summed E-state index contributed by atoms with van der Waals surface area (Å²) in [5.41, 5.74) is -1.73. The molecule has 0 aromatic carbocycles. The van der Waals surface area contributed by atoms with Crippen molar-refractivity contribution in [1.29, 1.82) is 0 Å². The first-order valence-electron chi connectivity index (χ1n) is 8.58. The van der Waals surface area contributed by atoms with Gasteiger partial charge in [-0.1, -0.05) is 0 Å². The van der Waals surface area contributed by atoms with E-state index in [0.29, 0.717) is 17.3 Å². The standard InChI is InChI=1S/C19H16F4N4O3/c1-18(2,17(28)29)9-30-14-4-3-10(6-24-14)11-5-12(20)15(25-7-11)16-26-8-13(27-16)19(21,22)23/h3-8H,9H2,1-2H3,(H,26,27)(H,28,29). The molecule has 3 aromatic rings. The maximum absolute atomic E-state index is 14.4. The van der Waals surface area contributed by atoms with Gasteiger partial charge in [-0.3, -0.25) is 4.79 Å². The summed E-state index contributed by atoms with van der Waals surface area (Å²) in [7, 11) is 0. The van der Waals surface area contributed by atoms with E-state index in [1.807, 2.05) is 4.98 Å². The first-order valence-corrected chi connectivity index (χ1v) is 8.58. The Morgan fingerprint density at radius 2 is 1.80 bits per heavy atom. The Morgan fingerprint density at radius 3 is 2.33 bits per heavy atom. The van der Waals surface area contributed by atoms with Crippen molar-refractivity contribution < 1.29 is 32.2 Å². The molecule has 0 aliphatic heterocycles. The van der Waals surface area contributed by atoms with E-state index in [2.05, 4.69) is 15.0 Å². The average Bonchev–Trinajstić information content (AvgIpc) is 3.17.